The van der Waals surface area contributed by atoms with E-state index < -0.39 is 0 Å². The highest BCUT2D eigenvalue weighted by molar-refractivity contribution is 7.28. The number of nitro benzene ring substituents is 1. The minimum atomic E-state index is -0.299. The van der Waals surface area contributed by atoms with Gasteiger partial charge in [-0.3, -0.25) is 10.1 Å². The van der Waals surface area contributed by atoms with Gasteiger partial charge in [0.05, 0.1) is 17.6 Å². The van der Waals surface area contributed by atoms with Gasteiger partial charge in [0.25, 0.3) is 5.69 Å². The van der Waals surface area contributed by atoms with Gasteiger partial charge in [-0.2, -0.15) is 0 Å². The van der Waals surface area contributed by atoms with Crippen molar-refractivity contribution in [3.8, 4) is 39.1 Å². The first-order valence-corrected chi connectivity index (χ1v) is 9.46. The number of fused-ring (bicyclic) bond motifs is 5. The van der Waals surface area contributed by atoms with Gasteiger partial charge in [0, 0.05) is 22.6 Å². The summed E-state index contributed by atoms with van der Waals surface area (Å²) in [6.07, 6.45) is 0. The van der Waals surface area contributed by atoms with Crippen LogP contribution in [-0.2, 0) is 0 Å². The lowest BCUT2D eigenvalue weighted by molar-refractivity contribution is -0.384. The average Bonchev–Trinajstić information content (AvgIpc) is 2.84. The molecule has 5 heteroatoms. The molecule has 1 atom stereocenters. The highest BCUT2D eigenvalue weighted by Crippen LogP contribution is 2.52. The molecule has 4 nitrogen and oxygen atoms in total. The van der Waals surface area contributed by atoms with Crippen LogP contribution in [0.2, 0.25) is 0 Å². The first kappa shape index (κ1) is 16.9. The van der Waals surface area contributed by atoms with Crippen molar-refractivity contribution in [3.05, 3.63) is 76.8 Å². The number of nitro groups is 1. The summed E-state index contributed by atoms with van der Waals surface area (Å²) in [7, 11) is 4.46. The van der Waals surface area contributed by atoms with Gasteiger partial charge in [-0.1, -0.05) is 54.6 Å². The van der Waals surface area contributed by atoms with Crippen LogP contribution in [0.15, 0.2) is 66.7 Å². The predicted molar refractivity (Wildman–Crippen MR) is 116 cm³/mol. The molecule has 4 aromatic rings. The minimum absolute atomic E-state index is 0.112. The Bertz CT molecular complexity index is 1300. The summed E-state index contributed by atoms with van der Waals surface area (Å²) >= 11 is 0. The molecule has 0 fully saturated rings. The molecule has 0 spiro atoms. The van der Waals surface area contributed by atoms with Crippen LogP contribution in [0.4, 0.5) is 5.69 Å². The Hall–Kier alpha value is -3.23. The average molecular weight is 385 g/mol. The van der Waals surface area contributed by atoms with Crippen LogP contribution in [-0.4, -0.2) is 12.0 Å². The molecule has 0 bridgehead atoms. The van der Waals surface area contributed by atoms with Crippen molar-refractivity contribution >= 4 is 31.0 Å². The summed E-state index contributed by atoms with van der Waals surface area (Å²) in [5.74, 6) is 0.756. The van der Waals surface area contributed by atoms with Crippen LogP contribution >= 0.6 is 9.24 Å². The monoisotopic (exact) mass is 385 g/mol. The van der Waals surface area contributed by atoms with Crippen molar-refractivity contribution in [1.82, 2.24) is 0 Å². The third-order valence-corrected chi connectivity index (χ3v) is 5.85. The van der Waals surface area contributed by atoms with Gasteiger partial charge in [0.1, 0.15) is 5.75 Å². The molecule has 1 unspecified atom stereocenters. The fraction of sp³-hybridized carbons (Fsp3) is 0.0435. The zero-order chi connectivity index (χ0) is 19.4. The highest BCUT2D eigenvalue weighted by Gasteiger charge is 2.29. The van der Waals surface area contributed by atoms with Gasteiger partial charge in [-0.05, 0) is 33.4 Å². The lowest BCUT2D eigenvalue weighted by Gasteiger charge is -2.16. The van der Waals surface area contributed by atoms with E-state index in [4.69, 9.17) is 4.74 Å². The van der Waals surface area contributed by atoms with Gasteiger partial charge < -0.3 is 4.74 Å². The van der Waals surface area contributed by atoms with Gasteiger partial charge in [0.15, 0.2) is 0 Å². The number of methoxy groups -OCH3 is 1. The van der Waals surface area contributed by atoms with Gasteiger partial charge in [0.2, 0.25) is 0 Å². The Morgan fingerprint density at radius 2 is 1.50 bits per heavy atom. The molecule has 0 saturated carbocycles. The van der Waals surface area contributed by atoms with Gasteiger partial charge >= 0.3 is 0 Å². The summed E-state index contributed by atoms with van der Waals surface area (Å²) in [4.78, 5) is 11.6. The molecule has 0 saturated heterocycles. The van der Waals surface area contributed by atoms with E-state index in [9.17, 15) is 10.1 Å². The molecule has 1 aliphatic rings. The van der Waals surface area contributed by atoms with E-state index in [0.29, 0.717) is 5.56 Å². The van der Waals surface area contributed by atoms with Crippen LogP contribution in [0.1, 0.15) is 0 Å². The maximum absolute atomic E-state index is 11.9. The van der Waals surface area contributed by atoms with E-state index in [1.165, 1.54) is 0 Å². The summed E-state index contributed by atoms with van der Waals surface area (Å²) < 4.78 is 5.73. The van der Waals surface area contributed by atoms with Crippen LogP contribution in [0, 0.1) is 10.1 Å². The highest BCUT2D eigenvalue weighted by atomic mass is 31.0. The Balaban J connectivity index is 2.13. The zero-order valence-corrected chi connectivity index (χ0v) is 16.3. The van der Waals surface area contributed by atoms with Crippen LogP contribution < -0.4 is 10.0 Å². The Labute approximate surface area is 164 Å². The van der Waals surface area contributed by atoms with Gasteiger partial charge in [-0.15, -0.1) is 9.24 Å². The normalized spacial score (nSPS) is 11.5. The third-order valence-electron chi connectivity index (χ3n) is 5.37. The van der Waals surface area contributed by atoms with Crippen molar-refractivity contribution in [2.45, 2.75) is 0 Å². The van der Waals surface area contributed by atoms with Gasteiger partial charge in [-0.25, -0.2) is 0 Å². The zero-order valence-electron chi connectivity index (χ0n) is 15.1. The molecule has 5 rings (SSSR count). The SMILES string of the molecule is COc1ccc2cccc3c2c1-c1c(P)cccc1-c1cccc([N+](=O)[O-])c1-3. The van der Waals surface area contributed by atoms with E-state index in [1.54, 1.807) is 19.2 Å². The molecule has 0 N–H and O–H groups in total. The van der Waals surface area contributed by atoms with E-state index in [1.807, 2.05) is 54.6 Å². The number of rotatable bonds is 2. The second kappa shape index (κ2) is 6.15. The topological polar surface area (TPSA) is 52.4 Å². The third kappa shape index (κ3) is 2.22. The fourth-order valence-electron chi connectivity index (χ4n) is 4.26. The predicted octanol–water partition coefficient (Wildman–Crippen LogP) is 5.57. The molecule has 28 heavy (non-hydrogen) atoms. The summed E-state index contributed by atoms with van der Waals surface area (Å²) in [5.41, 5.74) is 5.45. The number of hydrogen-bond donors (Lipinski definition) is 0. The second-order valence-electron chi connectivity index (χ2n) is 6.77. The molecule has 0 aliphatic heterocycles. The molecule has 0 radical (unpaired) electrons. The maximum atomic E-state index is 11.9. The number of hydrogen-bond acceptors (Lipinski definition) is 3. The smallest absolute Gasteiger partial charge is 0.277 e. The molecule has 0 amide bonds. The van der Waals surface area contributed by atoms with E-state index in [-0.39, 0.29) is 10.6 Å². The van der Waals surface area contributed by atoms with Crippen molar-refractivity contribution in [2.75, 3.05) is 7.11 Å². The molecule has 0 heterocycles. The Kier molecular flexibility index (Phi) is 3.71. The first-order valence-electron chi connectivity index (χ1n) is 8.88. The molecule has 136 valence electrons. The largest absolute Gasteiger partial charge is 0.496 e. The lowest BCUT2D eigenvalue weighted by atomic mass is 9.92. The van der Waals surface area contributed by atoms with Crippen LogP contribution in [0.3, 0.4) is 0 Å². The van der Waals surface area contributed by atoms with Crippen molar-refractivity contribution in [3.63, 3.8) is 0 Å². The lowest BCUT2D eigenvalue weighted by Crippen LogP contribution is -2.01. The number of ether oxygens (including phenoxy) is 1. The number of nitrogens with zero attached hydrogens (tertiary/aromatic N) is 1. The second-order valence-corrected chi connectivity index (χ2v) is 7.40. The van der Waals surface area contributed by atoms with E-state index in [0.717, 1.165) is 49.6 Å². The van der Waals surface area contributed by atoms with Crippen molar-refractivity contribution in [2.24, 2.45) is 0 Å². The molecular formula is C23H16NO3P. The number of benzene rings is 4. The summed E-state index contributed by atoms with van der Waals surface area (Å²) in [5, 5.41) is 14.9. The quantitative estimate of drug-likeness (QED) is 0.227. The van der Waals surface area contributed by atoms with E-state index >= 15 is 0 Å². The Morgan fingerprint density at radius 3 is 2.25 bits per heavy atom. The fourth-order valence-corrected chi connectivity index (χ4v) is 4.67. The summed E-state index contributed by atoms with van der Waals surface area (Å²) in [6.45, 7) is 0. The molecule has 4 aromatic carbocycles. The minimum Gasteiger partial charge on any atom is -0.496 e. The first-order chi connectivity index (χ1) is 13.6. The summed E-state index contributed by atoms with van der Waals surface area (Å²) in [6, 6.07) is 21.2. The molecule has 1 aliphatic carbocycles. The van der Waals surface area contributed by atoms with Crippen molar-refractivity contribution in [1.29, 1.82) is 0 Å². The van der Waals surface area contributed by atoms with Crippen LogP contribution in [0.25, 0.3) is 44.2 Å². The van der Waals surface area contributed by atoms with Crippen LogP contribution in [0.5, 0.6) is 5.75 Å². The standard InChI is InChI=1S/C23H16NO3P/c1-27-18-12-11-13-5-2-8-16-20(13)23(18)22-15(7-4-10-19(22)28)14-6-3-9-17(21(14)16)24(25)26/h2-12H,28H2,1H3. The molecular weight excluding hydrogens is 369 g/mol. The Morgan fingerprint density at radius 1 is 0.821 bits per heavy atom. The maximum Gasteiger partial charge on any atom is 0.277 e. The molecule has 0 aromatic heterocycles. The van der Waals surface area contributed by atoms with E-state index in [2.05, 4.69) is 9.24 Å². The van der Waals surface area contributed by atoms with Crippen molar-refractivity contribution < 1.29 is 9.66 Å².